The number of hydrogen-bond donors (Lipinski definition) is 3. The Kier molecular flexibility index (Phi) is 7.35. The van der Waals surface area contributed by atoms with Crippen molar-refractivity contribution in [3.63, 3.8) is 0 Å². The lowest BCUT2D eigenvalue weighted by molar-refractivity contribution is -0.0424. The summed E-state index contributed by atoms with van der Waals surface area (Å²) in [7, 11) is -2.40. The van der Waals surface area contributed by atoms with Crippen LogP contribution in [0.1, 0.15) is 49.7 Å². The molecule has 1 saturated carbocycles. The number of amides is 2. The number of rotatable bonds is 7. The van der Waals surface area contributed by atoms with Crippen molar-refractivity contribution in [3.8, 4) is 0 Å². The minimum atomic E-state index is -2.40. The minimum Gasteiger partial charge on any atom is -0.376 e. The van der Waals surface area contributed by atoms with E-state index in [1.165, 1.54) is 11.1 Å². The molecule has 6 nitrogen and oxygen atoms in total. The third kappa shape index (κ3) is 6.03. The van der Waals surface area contributed by atoms with Crippen LogP contribution >= 0.6 is 0 Å². The highest BCUT2D eigenvalue weighted by atomic mass is 32.3. The number of urea groups is 1. The first-order valence-corrected chi connectivity index (χ1v) is 13.4. The normalized spacial score (nSPS) is 27.9. The Bertz CT molecular complexity index is 727. The zero-order chi connectivity index (χ0) is 21.0. The van der Waals surface area contributed by atoms with Crippen molar-refractivity contribution in [1.29, 1.82) is 0 Å². The van der Waals surface area contributed by atoms with E-state index in [9.17, 15) is 9.00 Å². The van der Waals surface area contributed by atoms with E-state index in [0.717, 1.165) is 25.7 Å². The molecule has 2 fully saturated rings. The van der Waals surface area contributed by atoms with Crippen molar-refractivity contribution in [2.75, 3.05) is 32.2 Å². The van der Waals surface area contributed by atoms with Gasteiger partial charge in [-0.2, -0.15) is 0 Å². The summed E-state index contributed by atoms with van der Waals surface area (Å²) in [5.41, 5.74) is 2.67. The van der Waals surface area contributed by atoms with Crippen molar-refractivity contribution in [2.24, 2.45) is 0 Å². The fourth-order valence-electron chi connectivity index (χ4n) is 4.37. The second-order valence-electron chi connectivity index (χ2n) is 8.86. The number of benzene rings is 1. The van der Waals surface area contributed by atoms with Gasteiger partial charge in [-0.15, -0.1) is 0 Å². The molecular weight excluding hydrogens is 386 g/mol. The first-order valence-electron chi connectivity index (χ1n) is 10.8. The second kappa shape index (κ2) is 9.58. The second-order valence-corrected chi connectivity index (χ2v) is 11.8. The highest BCUT2D eigenvalue weighted by Gasteiger charge is 2.38. The van der Waals surface area contributed by atoms with Gasteiger partial charge < -0.3 is 15.0 Å². The summed E-state index contributed by atoms with van der Waals surface area (Å²) in [4.78, 5) is 14.4. The Balaban J connectivity index is 1.59. The maximum Gasteiger partial charge on any atom is 0.317 e. The van der Waals surface area contributed by atoms with Crippen LogP contribution in [-0.2, 0) is 14.9 Å². The van der Waals surface area contributed by atoms with Gasteiger partial charge in [0.15, 0.2) is 0 Å². The van der Waals surface area contributed by atoms with Gasteiger partial charge in [-0.1, -0.05) is 39.9 Å². The molecule has 1 aromatic rings. The van der Waals surface area contributed by atoms with E-state index in [0.29, 0.717) is 25.6 Å². The number of nitrogens with one attached hydrogen (secondary N) is 2. The summed E-state index contributed by atoms with van der Waals surface area (Å²) < 4.78 is 21.9. The topological polar surface area (TPSA) is 70.7 Å². The first-order chi connectivity index (χ1) is 13.8. The van der Waals surface area contributed by atoms with Crippen LogP contribution in [0.5, 0.6) is 0 Å². The Morgan fingerprint density at radius 2 is 1.93 bits per heavy atom. The molecule has 0 aromatic heterocycles. The van der Waals surface area contributed by atoms with Gasteiger partial charge >= 0.3 is 6.03 Å². The molecule has 29 heavy (non-hydrogen) atoms. The fraction of sp³-hybridized carbons (Fsp3) is 0.682. The third-order valence-corrected chi connectivity index (χ3v) is 6.94. The molecule has 2 aliphatic rings. The van der Waals surface area contributed by atoms with Crippen LogP contribution in [0.2, 0.25) is 0 Å². The summed E-state index contributed by atoms with van der Waals surface area (Å²) in [6.07, 6.45) is 7.58. The monoisotopic (exact) mass is 423 g/mol. The summed E-state index contributed by atoms with van der Waals surface area (Å²) >= 11 is 0. The molecule has 2 N–H and O–H groups in total. The van der Waals surface area contributed by atoms with Crippen molar-refractivity contribution >= 4 is 16.1 Å². The molecule has 7 heteroatoms. The number of carbonyl (C=O) groups is 1. The smallest absolute Gasteiger partial charge is 0.317 e. The lowest BCUT2D eigenvalue weighted by Crippen LogP contribution is -2.61. The summed E-state index contributed by atoms with van der Waals surface area (Å²) in [5.74, 6) is 0.562. The number of likely N-dealkylation sites (tertiary alicyclic amines) is 1. The predicted molar refractivity (Wildman–Crippen MR) is 120 cm³/mol. The van der Waals surface area contributed by atoms with Crippen molar-refractivity contribution in [2.45, 2.75) is 63.6 Å². The number of ether oxygens (including phenoxy) is 1. The predicted octanol–water partition coefficient (Wildman–Crippen LogP) is 2.60. The summed E-state index contributed by atoms with van der Waals surface area (Å²) in [5, 5.41) is 2.91. The maximum absolute atomic E-state index is 12.6. The zero-order valence-corrected chi connectivity index (χ0v) is 19.1. The minimum absolute atomic E-state index is 0.000150. The lowest BCUT2D eigenvalue weighted by atomic mass is 9.77. The standard InChI is InChI=1S/C22H37N3O3S/c1-5-23-22(26)25-12-6-7-20(24-29(3,4)27)21(25)15-28-19-13-18(14-19)17-10-8-16(2)9-11-17/h8-11,18-21,29H,5-7,12-15H2,1-4H3,(H,23,26)(H,24,27)/t18-,19+,20-,21-/m0/s1. The van der Waals surface area contributed by atoms with E-state index in [1.54, 1.807) is 12.5 Å². The highest BCUT2D eigenvalue weighted by Crippen LogP contribution is 2.39. The average molecular weight is 424 g/mol. The number of aryl methyl sites for hydroxylation is 1. The van der Waals surface area contributed by atoms with Gasteiger partial charge in [0.2, 0.25) is 0 Å². The van der Waals surface area contributed by atoms with E-state index in [-0.39, 0.29) is 24.2 Å². The van der Waals surface area contributed by atoms with Gasteiger partial charge in [0.1, 0.15) is 0 Å². The van der Waals surface area contributed by atoms with Crippen LogP contribution in [-0.4, -0.2) is 65.5 Å². The number of hydrogen-bond acceptors (Lipinski definition) is 3. The van der Waals surface area contributed by atoms with Crippen LogP contribution < -0.4 is 10.0 Å². The van der Waals surface area contributed by atoms with Crippen LogP contribution in [0.3, 0.4) is 0 Å². The molecule has 3 rings (SSSR count). The molecule has 1 aliphatic heterocycles. The number of thiol groups is 1. The molecule has 0 spiro atoms. The average Bonchev–Trinajstić information content (AvgIpc) is 2.61. The van der Waals surface area contributed by atoms with E-state index in [2.05, 4.69) is 41.2 Å². The van der Waals surface area contributed by atoms with Crippen LogP contribution in [0.15, 0.2) is 24.3 Å². The van der Waals surface area contributed by atoms with Crippen LogP contribution in [0.4, 0.5) is 4.79 Å². The number of nitrogens with zero attached hydrogens (tertiary/aromatic N) is 1. The summed E-state index contributed by atoms with van der Waals surface area (Å²) in [6, 6.07) is 8.62. The van der Waals surface area contributed by atoms with Crippen molar-refractivity contribution in [1.82, 2.24) is 14.9 Å². The number of carbonyl (C=O) groups excluding carboxylic acids is 1. The molecule has 2 atom stereocenters. The van der Waals surface area contributed by atoms with Gasteiger partial charge in [-0.05, 0) is 51.0 Å². The van der Waals surface area contributed by atoms with E-state index >= 15 is 0 Å². The molecule has 0 unspecified atom stereocenters. The maximum atomic E-state index is 12.6. The fourth-order valence-corrected chi connectivity index (χ4v) is 5.46. The van der Waals surface area contributed by atoms with E-state index < -0.39 is 10.1 Å². The molecule has 0 radical (unpaired) electrons. The van der Waals surface area contributed by atoms with Gasteiger partial charge in [-0.3, -0.25) is 8.93 Å². The molecule has 1 aromatic carbocycles. The molecular formula is C22H37N3O3S. The van der Waals surface area contributed by atoms with Gasteiger partial charge in [0.05, 0.1) is 18.8 Å². The number of piperidine rings is 1. The molecule has 0 bridgehead atoms. The van der Waals surface area contributed by atoms with Crippen molar-refractivity contribution < 1.29 is 13.7 Å². The third-order valence-electron chi connectivity index (χ3n) is 5.99. The first kappa shape index (κ1) is 22.2. The summed E-state index contributed by atoms with van der Waals surface area (Å²) in [6.45, 7) is 5.83. The Hall–Kier alpha value is -1.44. The van der Waals surface area contributed by atoms with Gasteiger partial charge in [0.25, 0.3) is 0 Å². The van der Waals surface area contributed by atoms with E-state index in [1.807, 2.05) is 11.8 Å². The molecule has 1 aliphatic carbocycles. The van der Waals surface area contributed by atoms with Crippen LogP contribution in [0, 0.1) is 6.92 Å². The molecule has 1 heterocycles. The molecule has 1 saturated heterocycles. The highest BCUT2D eigenvalue weighted by molar-refractivity contribution is 7.99. The molecule has 164 valence electrons. The van der Waals surface area contributed by atoms with Crippen molar-refractivity contribution in [3.05, 3.63) is 35.4 Å². The lowest BCUT2D eigenvalue weighted by Gasteiger charge is -2.44. The van der Waals surface area contributed by atoms with Gasteiger partial charge in [0, 0.05) is 31.6 Å². The SMILES string of the molecule is CCNC(=O)N1CCC[C@H](N[SH](C)(C)=O)[C@@H]1CO[C@H]1C[C@@H](c2ccc(C)cc2)C1. The quantitative estimate of drug-likeness (QED) is 0.591. The Morgan fingerprint density at radius 3 is 2.55 bits per heavy atom. The zero-order valence-electron chi connectivity index (χ0n) is 18.2. The van der Waals surface area contributed by atoms with Crippen LogP contribution in [0.25, 0.3) is 0 Å². The van der Waals surface area contributed by atoms with E-state index in [4.69, 9.17) is 4.74 Å². The largest absolute Gasteiger partial charge is 0.376 e. The Labute approximate surface area is 176 Å². The Morgan fingerprint density at radius 1 is 1.24 bits per heavy atom. The molecule has 2 amide bonds. The van der Waals surface area contributed by atoms with Gasteiger partial charge in [-0.25, -0.2) is 4.79 Å².